The van der Waals surface area contributed by atoms with E-state index in [-0.39, 0.29) is 18.0 Å². The van der Waals surface area contributed by atoms with Crippen LogP contribution >= 0.6 is 15.9 Å². The summed E-state index contributed by atoms with van der Waals surface area (Å²) in [5.74, 6) is -1.24. The van der Waals surface area contributed by atoms with E-state index in [2.05, 4.69) is 26.6 Å². The van der Waals surface area contributed by atoms with Crippen LogP contribution in [0.5, 0.6) is 0 Å². The van der Waals surface area contributed by atoms with Gasteiger partial charge in [-0.1, -0.05) is 15.9 Å². The van der Waals surface area contributed by atoms with E-state index < -0.39 is 17.8 Å². The van der Waals surface area contributed by atoms with E-state index in [1.165, 1.54) is 12.1 Å². The number of amides is 2. The summed E-state index contributed by atoms with van der Waals surface area (Å²) in [7, 11) is 0. The summed E-state index contributed by atoms with van der Waals surface area (Å²) in [6, 6.07) is 3.66. The van der Waals surface area contributed by atoms with Crippen LogP contribution < -0.4 is 10.6 Å². The summed E-state index contributed by atoms with van der Waals surface area (Å²) in [5, 5.41) is 4.84. The van der Waals surface area contributed by atoms with Gasteiger partial charge in [0, 0.05) is 4.47 Å². The molecule has 1 saturated heterocycles. The molecule has 1 aromatic rings. The monoisotopic (exact) mass is 286 g/mol. The van der Waals surface area contributed by atoms with Gasteiger partial charge < -0.3 is 5.32 Å². The number of halogens is 2. The van der Waals surface area contributed by atoms with Crippen molar-refractivity contribution >= 4 is 33.4 Å². The van der Waals surface area contributed by atoms with E-state index >= 15 is 0 Å². The molecular formula is C10H8BrFN2O2. The number of rotatable bonds is 2. The van der Waals surface area contributed by atoms with Gasteiger partial charge in [0.2, 0.25) is 11.8 Å². The molecule has 0 aromatic heterocycles. The third kappa shape index (κ3) is 2.21. The third-order valence-electron chi connectivity index (χ3n) is 2.23. The highest BCUT2D eigenvalue weighted by Crippen LogP contribution is 2.22. The molecule has 2 rings (SSSR count). The Morgan fingerprint density at radius 3 is 2.81 bits per heavy atom. The van der Waals surface area contributed by atoms with Crippen LogP contribution in [-0.4, -0.2) is 17.9 Å². The summed E-state index contributed by atoms with van der Waals surface area (Å²) in [6.45, 7) is 0. The average Bonchev–Trinajstić information content (AvgIpc) is 2.51. The summed E-state index contributed by atoms with van der Waals surface area (Å²) < 4.78 is 14.0. The van der Waals surface area contributed by atoms with Crippen molar-refractivity contribution in [3.63, 3.8) is 0 Å². The van der Waals surface area contributed by atoms with Gasteiger partial charge in [-0.2, -0.15) is 0 Å². The Bertz CT molecular complexity index is 464. The molecule has 0 saturated carbocycles. The van der Waals surface area contributed by atoms with Crippen molar-refractivity contribution in [1.29, 1.82) is 0 Å². The predicted octanol–water partition coefficient (Wildman–Crippen LogP) is 1.42. The molecule has 1 fully saturated rings. The Hall–Kier alpha value is -1.43. The minimum absolute atomic E-state index is 0.0325. The first-order valence-corrected chi connectivity index (χ1v) is 5.41. The van der Waals surface area contributed by atoms with E-state index in [4.69, 9.17) is 0 Å². The van der Waals surface area contributed by atoms with Crippen LogP contribution in [-0.2, 0) is 9.59 Å². The van der Waals surface area contributed by atoms with Crippen LogP contribution in [0.15, 0.2) is 22.7 Å². The van der Waals surface area contributed by atoms with E-state index in [0.29, 0.717) is 4.47 Å². The molecule has 6 heteroatoms. The predicted molar refractivity (Wildman–Crippen MR) is 59.3 cm³/mol. The summed E-state index contributed by atoms with van der Waals surface area (Å²) in [6.07, 6.45) is 0.0325. The molecule has 1 unspecified atom stereocenters. The second-order valence-electron chi connectivity index (χ2n) is 3.44. The maximum atomic E-state index is 13.3. The van der Waals surface area contributed by atoms with Gasteiger partial charge in [0.25, 0.3) is 0 Å². The first-order chi connectivity index (χ1) is 7.56. The smallest absolute Gasteiger partial charge is 0.249 e. The Morgan fingerprint density at radius 1 is 1.44 bits per heavy atom. The maximum absolute atomic E-state index is 13.3. The van der Waals surface area contributed by atoms with Crippen LogP contribution in [0.4, 0.5) is 10.1 Å². The van der Waals surface area contributed by atoms with Gasteiger partial charge in [0.15, 0.2) is 0 Å². The van der Waals surface area contributed by atoms with Gasteiger partial charge in [0.05, 0.1) is 12.1 Å². The fraction of sp³-hybridized carbons (Fsp3) is 0.200. The van der Waals surface area contributed by atoms with Crippen molar-refractivity contribution in [2.75, 3.05) is 5.32 Å². The van der Waals surface area contributed by atoms with Crippen molar-refractivity contribution in [3.8, 4) is 0 Å². The molecule has 1 aromatic carbocycles. The van der Waals surface area contributed by atoms with Crippen molar-refractivity contribution in [2.45, 2.75) is 12.5 Å². The molecule has 16 heavy (non-hydrogen) atoms. The molecule has 0 bridgehead atoms. The Balaban J connectivity index is 2.18. The third-order valence-corrected chi connectivity index (χ3v) is 2.72. The van der Waals surface area contributed by atoms with E-state index in [1.807, 2.05) is 0 Å². The molecule has 1 heterocycles. The lowest BCUT2D eigenvalue weighted by atomic mass is 10.2. The van der Waals surface area contributed by atoms with Crippen molar-refractivity contribution in [2.24, 2.45) is 0 Å². The van der Waals surface area contributed by atoms with Gasteiger partial charge in [-0.25, -0.2) is 4.39 Å². The van der Waals surface area contributed by atoms with Gasteiger partial charge in [-0.15, -0.1) is 0 Å². The molecular weight excluding hydrogens is 279 g/mol. The number of hydrogen-bond acceptors (Lipinski definition) is 3. The minimum Gasteiger partial charge on any atom is -0.371 e. The number of hydrogen-bond donors (Lipinski definition) is 2. The van der Waals surface area contributed by atoms with Crippen LogP contribution in [0.2, 0.25) is 0 Å². The first kappa shape index (κ1) is 11.1. The van der Waals surface area contributed by atoms with Crippen LogP contribution in [0.25, 0.3) is 0 Å². The second-order valence-corrected chi connectivity index (χ2v) is 4.35. The Kier molecular flexibility index (Phi) is 2.91. The van der Waals surface area contributed by atoms with E-state index in [9.17, 15) is 14.0 Å². The van der Waals surface area contributed by atoms with Gasteiger partial charge in [-0.05, 0) is 18.2 Å². The van der Waals surface area contributed by atoms with Gasteiger partial charge in [0.1, 0.15) is 11.9 Å². The average molecular weight is 287 g/mol. The minimum atomic E-state index is -0.698. The molecule has 2 amide bonds. The number of nitrogens with one attached hydrogen (secondary N) is 2. The molecule has 0 aliphatic carbocycles. The first-order valence-electron chi connectivity index (χ1n) is 4.61. The topological polar surface area (TPSA) is 58.2 Å². The van der Waals surface area contributed by atoms with Crippen molar-refractivity contribution in [1.82, 2.24) is 5.32 Å². The molecule has 2 N–H and O–H groups in total. The lowest BCUT2D eigenvalue weighted by molar-refractivity contribution is -0.124. The summed E-state index contributed by atoms with van der Waals surface area (Å²) >= 11 is 3.20. The highest BCUT2D eigenvalue weighted by atomic mass is 79.9. The lowest BCUT2D eigenvalue weighted by Gasteiger charge is -2.11. The molecule has 0 radical (unpaired) electrons. The Morgan fingerprint density at radius 2 is 2.19 bits per heavy atom. The second kappa shape index (κ2) is 4.21. The SMILES string of the molecule is O=C1CC(Nc2cc(Br)ccc2F)C(=O)N1. The fourth-order valence-corrected chi connectivity index (χ4v) is 1.83. The zero-order valence-corrected chi connectivity index (χ0v) is 9.67. The van der Waals surface area contributed by atoms with Crippen molar-refractivity contribution < 1.29 is 14.0 Å². The highest BCUT2D eigenvalue weighted by molar-refractivity contribution is 9.10. The van der Waals surface area contributed by atoms with Gasteiger partial charge in [-0.3, -0.25) is 14.9 Å². The molecule has 0 spiro atoms. The van der Waals surface area contributed by atoms with Crippen LogP contribution in [0.1, 0.15) is 6.42 Å². The fourth-order valence-electron chi connectivity index (χ4n) is 1.47. The molecule has 1 atom stereocenters. The van der Waals surface area contributed by atoms with E-state index in [1.54, 1.807) is 6.07 Å². The van der Waals surface area contributed by atoms with Crippen LogP contribution in [0.3, 0.4) is 0 Å². The quantitative estimate of drug-likeness (QED) is 0.809. The molecule has 4 nitrogen and oxygen atoms in total. The molecule has 1 aliphatic rings. The zero-order valence-electron chi connectivity index (χ0n) is 8.09. The number of carbonyl (C=O) groups excluding carboxylic acids is 2. The normalized spacial score (nSPS) is 19.8. The van der Waals surface area contributed by atoms with Crippen LogP contribution in [0, 0.1) is 5.82 Å². The number of imide groups is 1. The van der Waals surface area contributed by atoms with Gasteiger partial charge >= 0.3 is 0 Å². The largest absolute Gasteiger partial charge is 0.371 e. The van der Waals surface area contributed by atoms with Crippen molar-refractivity contribution in [3.05, 3.63) is 28.5 Å². The number of anilines is 1. The van der Waals surface area contributed by atoms with E-state index in [0.717, 1.165) is 0 Å². The molecule has 84 valence electrons. The Labute approximate surface area is 99.3 Å². The zero-order chi connectivity index (χ0) is 11.7. The summed E-state index contributed by atoms with van der Waals surface area (Å²) in [4.78, 5) is 22.2. The maximum Gasteiger partial charge on any atom is 0.249 e. The lowest BCUT2D eigenvalue weighted by Crippen LogP contribution is -2.30. The highest BCUT2D eigenvalue weighted by Gasteiger charge is 2.30. The standard InChI is InChI=1S/C10H8BrFN2O2/c11-5-1-2-6(12)7(3-5)13-8-4-9(15)14-10(8)16/h1-3,8,13H,4H2,(H,14,15,16). The summed E-state index contributed by atoms with van der Waals surface area (Å²) in [5.41, 5.74) is 0.198. The number of benzene rings is 1. The molecule has 1 aliphatic heterocycles. The number of carbonyl (C=O) groups is 2.